The van der Waals surface area contributed by atoms with Crippen molar-refractivity contribution in [1.82, 2.24) is 4.90 Å². The first-order chi connectivity index (χ1) is 8.65. The molecular formula is C14H19NO2S. The summed E-state index contributed by atoms with van der Waals surface area (Å²) in [4.78, 5) is 14.1. The van der Waals surface area contributed by atoms with E-state index < -0.39 is 0 Å². The van der Waals surface area contributed by atoms with Crippen molar-refractivity contribution >= 4 is 17.7 Å². The molecule has 1 aliphatic rings. The molecule has 0 N–H and O–H groups in total. The smallest absolute Gasteiger partial charge is 0.236 e. The molecule has 1 amide bonds. The Morgan fingerprint density at radius 1 is 1.39 bits per heavy atom. The summed E-state index contributed by atoms with van der Waals surface area (Å²) in [5.74, 6) is 0.213. The van der Waals surface area contributed by atoms with Crippen molar-refractivity contribution < 1.29 is 9.53 Å². The molecule has 18 heavy (non-hydrogen) atoms. The molecular weight excluding hydrogens is 246 g/mol. The predicted molar refractivity (Wildman–Crippen MR) is 74.6 cm³/mol. The van der Waals surface area contributed by atoms with Gasteiger partial charge in [0.05, 0.1) is 11.9 Å². The van der Waals surface area contributed by atoms with Crippen LogP contribution in [0.1, 0.15) is 23.4 Å². The van der Waals surface area contributed by atoms with Crippen LogP contribution in [0.25, 0.3) is 0 Å². The largest absolute Gasteiger partial charge is 0.383 e. The molecule has 1 aromatic rings. The third-order valence-corrected chi connectivity index (χ3v) is 4.61. The number of hydrogen-bond acceptors (Lipinski definition) is 3. The summed E-state index contributed by atoms with van der Waals surface area (Å²) in [5, 5.41) is 0.162. The number of amides is 1. The van der Waals surface area contributed by atoms with Gasteiger partial charge in [0.25, 0.3) is 0 Å². The molecule has 1 aromatic carbocycles. The highest BCUT2D eigenvalue weighted by Gasteiger charge is 2.38. The molecule has 0 bridgehead atoms. The number of benzene rings is 1. The van der Waals surface area contributed by atoms with Crippen LogP contribution in [0.4, 0.5) is 0 Å². The zero-order valence-corrected chi connectivity index (χ0v) is 11.9. The molecule has 0 aromatic heterocycles. The van der Waals surface area contributed by atoms with Crippen molar-refractivity contribution in [3.8, 4) is 0 Å². The number of hydrogen-bond donors (Lipinski definition) is 0. The lowest BCUT2D eigenvalue weighted by atomic mass is 10.1. The number of nitrogens with zero attached hydrogens (tertiary/aromatic N) is 1. The molecule has 2 unspecified atom stereocenters. The normalized spacial score (nSPS) is 23.7. The Bertz CT molecular complexity index is 436. The van der Waals surface area contributed by atoms with Crippen molar-refractivity contribution in [3.63, 3.8) is 0 Å². The Morgan fingerprint density at radius 2 is 2.11 bits per heavy atom. The minimum atomic E-state index is 0.0338. The summed E-state index contributed by atoms with van der Waals surface area (Å²) in [6.07, 6.45) is 0. The maximum Gasteiger partial charge on any atom is 0.236 e. The van der Waals surface area contributed by atoms with Crippen LogP contribution in [0.3, 0.4) is 0 Å². The van der Waals surface area contributed by atoms with E-state index in [1.807, 2.05) is 24.0 Å². The van der Waals surface area contributed by atoms with Gasteiger partial charge in [-0.3, -0.25) is 4.79 Å². The third kappa shape index (κ3) is 2.54. The quantitative estimate of drug-likeness (QED) is 0.838. The second-order valence-electron chi connectivity index (χ2n) is 4.51. The van der Waals surface area contributed by atoms with Crippen molar-refractivity contribution in [2.45, 2.75) is 24.5 Å². The maximum absolute atomic E-state index is 12.2. The number of carbonyl (C=O) groups is 1. The first-order valence-corrected chi connectivity index (χ1v) is 7.10. The Morgan fingerprint density at radius 3 is 2.78 bits per heavy atom. The molecule has 1 aliphatic heterocycles. The summed E-state index contributed by atoms with van der Waals surface area (Å²) < 4.78 is 5.10. The van der Waals surface area contributed by atoms with Gasteiger partial charge in [0.1, 0.15) is 5.37 Å². The Labute approximate surface area is 113 Å². The first-order valence-electron chi connectivity index (χ1n) is 6.15. The Kier molecular flexibility index (Phi) is 4.30. The van der Waals surface area contributed by atoms with Crippen LogP contribution in [-0.4, -0.2) is 36.3 Å². The van der Waals surface area contributed by atoms with Gasteiger partial charge in [-0.05, 0) is 25.0 Å². The number of rotatable bonds is 4. The van der Waals surface area contributed by atoms with E-state index in [1.54, 1.807) is 18.9 Å². The standard InChI is InChI=1S/C14H19NO2S/c1-10-6-4-5-7-12(10)14-15(8-9-17-3)13(16)11(2)18-14/h4-7,11,14H,8-9H2,1-3H3. The van der Waals surface area contributed by atoms with Gasteiger partial charge in [-0.1, -0.05) is 24.3 Å². The van der Waals surface area contributed by atoms with Gasteiger partial charge in [-0.2, -0.15) is 0 Å². The van der Waals surface area contributed by atoms with Gasteiger partial charge in [0.2, 0.25) is 5.91 Å². The molecule has 1 fully saturated rings. The summed E-state index contributed by atoms with van der Waals surface area (Å²) in [6.45, 7) is 5.32. The highest BCUT2D eigenvalue weighted by Crippen LogP contribution is 2.43. The minimum Gasteiger partial charge on any atom is -0.383 e. The lowest BCUT2D eigenvalue weighted by Crippen LogP contribution is -2.33. The monoisotopic (exact) mass is 265 g/mol. The van der Waals surface area contributed by atoms with Crippen LogP contribution in [0, 0.1) is 6.92 Å². The number of carbonyl (C=O) groups excluding carboxylic acids is 1. The number of thioether (sulfide) groups is 1. The lowest BCUT2D eigenvalue weighted by Gasteiger charge is -2.25. The average molecular weight is 265 g/mol. The number of methoxy groups -OCH3 is 1. The second kappa shape index (κ2) is 5.76. The summed E-state index contributed by atoms with van der Waals surface area (Å²) in [6, 6.07) is 8.27. The van der Waals surface area contributed by atoms with E-state index in [9.17, 15) is 4.79 Å². The second-order valence-corrected chi connectivity index (χ2v) is 5.94. The van der Waals surface area contributed by atoms with Gasteiger partial charge < -0.3 is 9.64 Å². The van der Waals surface area contributed by atoms with E-state index in [-0.39, 0.29) is 16.5 Å². The molecule has 1 heterocycles. The van der Waals surface area contributed by atoms with Gasteiger partial charge in [-0.15, -0.1) is 11.8 Å². The van der Waals surface area contributed by atoms with Gasteiger partial charge in [0.15, 0.2) is 0 Å². The Hall–Kier alpha value is -1.00. The highest BCUT2D eigenvalue weighted by atomic mass is 32.2. The summed E-state index contributed by atoms with van der Waals surface area (Å²) in [5.41, 5.74) is 2.47. The lowest BCUT2D eigenvalue weighted by molar-refractivity contribution is -0.130. The van der Waals surface area contributed by atoms with E-state index in [0.29, 0.717) is 13.2 Å². The van der Waals surface area contributed by atoms with E-state index in [2.05, 4.69) is 19.1 Å². The zero-order valence-electron chi connectivity index (χ0n) is 11.1. The molecule has 3 nitrogen and oxygen atoms in total. The van der Waals surface area contributed by atoms with E-state index in [4.69, 9.17) is 4.74 Å². The van der Waals surface area contributed by atoms with E-state index in [1.165, 1.54) is 11.1 Å². The molecule has 0 aliphatic carbocycles. The zero-order chi connectivity index (χ0) is 13.1. The molecule has 0 radical (unpaired) electrons. The molecule has 2 rings (SSSR count). The fourth-order valence-corrected chi connectivity index (χ4v) is 3.60. The highest BCUT2D eigenvalue weighted by molar-refractivity contribution is 8.01. The van der Waals surface area contributed by atoms with Crippen LogP contribution >= 0.6 is 11.8 Å². The van der Waals surface area contributed by atoms with Crippen LogP contribution in [0.2, 0.25) is 0 Å². The number of ether oxygens (including phenoxy) is 1. The molecule has 0 saturated carbocycles. The molecule has 4 heteroatoms. The fraction of sp³-hybridized carbons (Fsp3) is 0.500. The SMILES string of the molecule is COCCN1C(=O)C(C)SC1c1ccccc1C. The molecule has 0 spiro atoms. The van der Waals surface area contributed by atoms with Gasteiger partial charge >= 0.3 is 0 Å². The van der Waals surface area contributed by atoms with Crippen molar-refractivity contribution in [2.75, 3.05) is 20.3 Å². The van der Waals surface area contributed by atoms with Crippen LogP contribution in [-0.2, 0) is 9.53 Å². The van der Waals surface area contributed by atoms with Crippen LogP contribution in [0.5, 0.6) is 0 Å². The Balaban J connectivity index is 2.25. The summed E-state index contributed by atoms with van der Waals surface area (Å²) in [7, 11) is 1.67. The third-order valence-electron chi connectivity index (χ3n) is 3.24. The van der Waals surface area contributed by atoms with Crippen molar-refractivity contribution in [3.05, 3.63) is 35.4 Å². The van der Waals surface area contributed by atoms with Crippen LogP contribution < -0.4 is 0 Å². The van der Waals surface area contributed by atoms with Gasteiger partial charge in [0, 0.05) is 13.7 Å². The maximum atomic E-state index is 12.2. The minimum absolute atomic E-state index is 0.0338. The van der Waals surface area contributed by atoms with Gasteiger partial charge in [-0.25, -0.2) is 0 Å². The molecule has 1 saturated heterocycles. The predicted octanol–water partition coefficient (Wildman–Crippen LogP) is 2.60. The summed E-state index contributed by atoms with van der Waals surface area (Å²) >= 11 is 1.72. The van der Waals surface area contributed by atoms with E-state index >= 15 is 0 Å². The van der Waals surface area contributed by atoms with Crippen molar-refractivity contribution in [2.24, 2.45) is 0 Å². The van der Waals surface area contributed by atoms with Crippen molar-refractivity contribution in [1.29, 1.82) is 0 Å². The molecule has 98 valence electrons. The molecule has 2 atom stereocenters. The number of aryl methyl sites for hydroxylation is 1. The van der Waals surface area contributed by atoms with E-state index in [0.717, 1.165) is 0 Å². The first kappa shape index (κ1) is 13.4. The fourth-order valence-electron chi connectivity index (χ4n) is 2.20. The average Bonchev–Trinajstić information content (AvgIpc) is 2.64. The van der Waals surface area contributed by atoms with Crippen LogP contribution in [0.15, 0.2) is 24.3 Å². The topological polar surface area (TPSA) is 29.5 Å².